The maximum absolute atomic E-state index is 9.91. The Morgan fingerprint density at radius 1 is 1.30 bits per heavy atom. The van der Waals surface area contributed by atoms with E-state index in [1.54, 1.807) is 6.26 Å². The fourth-order valence-corrected chi connectivity index (χ4v) is 4.60. The van der Waals surface area contributed by atoms with Crippen molar-refractivity contribution < 1.29 is 9.52 Å². The van der Waals surface area contributed by atoms with Crippen molar-refractivity contribution in [2.24, 2.45) is 5.41 Å². The van der Waals surface area contributed by atoms with Crippen LogP contribution in [0, 0.1) is 5.41 Å². The van der Waals surface area contributed by atoms with Crippen molar-refractivity contribution in [3.05, 3.63) is 42.3 Å². The zero-order chi connectivity index (χ0) is 15.9. The number of oxazole rings is 1. The molecule has 2 bridgehead atoms. The van der Waals surface area contributed by atoms with E-state index in [1.165, 1.54) is 12.8 Å². The van der Waals surface area contributed by atoms with E-state index in [9.17, 15) is 5.11 Å². The summed E-state index contributed by atoms with van der Waals surface area (Å²) in [5.41, 5.74) is 2.10. The van der Waals surface area contributed by atoms with Gasteiger partial charge < -0.3 is 9.52 Å². The van der Waals surface area contributed by atoms with Crippen molar-refractivity contribution in [2.45, 2.75) is 51.2 Å². The maximum atomic E-state index is 9.91. The Balaban J connectivity index is 1.53. The van der Waals surface area contributed by atoms with Gasteiger partial charge in [0.25, 0.3) is 0 Å². The molecule has 122 valence electrons. The Morgan fingerprint density at radius 2 is 2.13 bits per heavy atom. The summed E-state index contributed by atoms with van der Waals surface area (Å²) in [6.45, 7) is 3.33. The topological polar surface area (TPSA) is 49.5 Å². The lowest BCUT2D eigenvalue weighted by molar-refractivity contribution is 0.0711. The van der Waals surface area contributed by atoms with Gasteiger partial charge in [-0.25, -0.2) is 4.98 Å². The molecular formula is C19H24N2O2. The van der Waals surface area contributed by atoms with Crippen molar-refractivity contribution >= 4 is 0 Å². The summed E-state index contributed by atoms with van der Waals surface area (Å²) in [5.74, 6) is 0.691. The Bertz CT molecular complexity index is 663. The van der Waals surface area contributed by atoms with Crippen molar-refractivity contribution in [2.75, 3.05) is 6.61 Å². The minimum absolute atomic E-state index is 0.0922. The third-order valence-corrected chi connectivity index (χ3v) is 5.93. The fourth-order valence-electron chi connectivity index (χ4n) is 4.60. The number of hydrogen-bond acceptors (Lipinski definition) is 4. The first-order valence-corrected chi connectivity index (χ1v) is 8.62. The van der Waals surface area contributed by atoms with E-state index < -0.39 is 0 Å². The number of aliphatic hydroxyl groups is 1. The largest absolute Gasteiger partial charge is 0.444 e. The summed E-state index contributed by atoms with van der Waals surface area (Å²) in [5, 5.41) is 9.91. The third kappa shape index (κ3) is 2.41. The Hall–Kier alpha value is -1.65. The van der Waals surface area contributed by atoms with E-state index in [-0.39, 0.29) is 5.41 Å². The molecule has 0 saturated carbocycles. The SMILES string of the molecule is CC[C@@]1(CO)C[C@@H]2CC[C@H]1N2Cc1coc(-c2ccccc2)n1. The van der Waals surface area contributed by atoms with Gasteiger partial charge in [0, 0.05) is 29.6 Å². The second-order valence-electron chi connectivity index (χ2n) is 7.01. The van der Waals surface area contributed by atoms with Gasteiger partial charge in [0.2, 0.25) is 5.89 Å². The normalized spacial score (nSPS) is 30.2. The van der Waals surface area contributed by atoms with Crippen LogP contribution in [0.3, 0.4) is 0 Å². The molecule has 2 saturated heterocycles. The van der Waals surface area contributed by atoms with Gasteiger partial charge in [-0.05, 0) is 37.8 Å². The molecule has 2 aromatic rings. The van der Waals surface area contributed by atoms with Crippen LogP contribution in [0.15, 0.2) is 41.0 Å². The molecule has 2 aliphatic rings. The van der Waals surface area contributed by atoms with E-state index in [0.717, 1.165) is 30.6 Å². The average molecular weight is 312 g/mol. The lowest BCUT2D eigenvalue weighted by atomic mass is 9.72. The zero-order valence-corrected chi connectivity index (χ0v) is 13.6. The summed E-state index contributed by atoms with van der Waals surface area (Å²) in [7, 11) is 0. The minimum atomic E-state index is 0.0922. The molecule has 4 rings (SSSR count). The van der Waals surface area contributed by atoms with E-state index in [4.69, 9.17) is 4.42 Å². The van der Waals surface area contributed by atoms with Crippen LogP contribution >= 0.6 is 0 Å². The van der Waals surface area contributed by atoms with Crippen LogP contribution in [0.1, 0.15) is 38.3 Å². The molecule has 4 heteroatoms. The number of rotatable bonds is 5. The Labute approximate surface area is 137 Å². The molecule has 2 fully saturated rings. The monoisotopic (exact) mass is 312 g/mol. The standard InChI is InChI=1S/C19H24N2O2/c1-2-19(13-22)10-16-8-9-17(19)21(16)11-15-12-23-18(20-15)14-6-4-3-5-7-14/h3-7,12,16-17,22H,2,8-11,13H2,1H3/t16-,17+,19-/m0/s1. The van der Waals surface area contributed by atoms with Gasteiger partial charge >= 0.3 is 0 Å². The number of aliphatic hydroxyl groups excluding tert-OH is 1. The Morgan fingerprint density at radius 3 is 2.83 bits per heavy atom. The molecule has 0 unspecified atom stereocenters. The molecule has 23 heavy (non-hydrogen) atoms. The number of fused-ring (bicyclic) bond motifs is 2. The first kappa shape index (κ1) is 14.9. The van der Waals surface area contributed by atoms with Gasteiger partial charge in [0.1, 0.15) is 6.26 Å². The number of hydrogen-bond donors (Lipinski definition) is 1. The van der Waals surface area contributed by atoms with Crippen LogP contribution in [0.25, 0.3) is 11.5 Å². The average Bonchev–Trinajstić information content (AvgIpc) is 3.30. The van der Waals surface area contributed by atoms with Gasteiger partial charge in [-0.3, -0.25) is 4.90 Å². The van der Waals surface area contributed by atoms with Crippen LogP contribution in [-0.2, 0) is 6.54 Å². The quantitative estimate of drug-likeness (QED) is 0.918. The molecule has 0 radical (unpaired) electrons. The summed E-state index contributed by atoms with van der Waals surface area (Å²) in [6.07, 6.45) is 6.40. The van der Waals surface area contributed by atoms with Crippen LogP contribution in [0.5, 0.6) is 0 Å². The highest BCUT2D eigenvalue weighted by atomic mass is 16.3. The molecule has 0 amide bonds. The third-order valence-electron chi connectivity index (χ3n) is 5.93. The summed E-state index contributed by atoms with van der Waals surface area (Å²) in [6, 6.07) is 11.1. The molecule has 4 nitrogen and oxygen atoms in total. The molecule has 3 heterocycles. The number of benzene rings is 1. The maximum Gasteiger partial charge on any atom is 0.226 e. The van der Waals surface area contributed by atoms with Crippen molar-refractivity contribution in [1.29, 1.82) is 0 Å². The van der Waals surface area contributed by atoms with Gasteiger partial charge in [0.05, 0.1) is 12.3 Å². The van der Waals surface area contributed by atoms with Crippen molar-refractivity contribution in [3.8, 4) is 11.5 Å². The van der Waals surface area contributed by atoms with E-state index in [1.807, 2.05) is 30.3 Å². The molecule has 1 aromatic heterocycles. The van der Waals surface area contributed by atoms with E-state index in [2.05, 4.69) is 16.8 Å². The van der Waals surface area contributed by atoms with Crippen LogP contribution in [0.4, 0.5) is 0 Å². The number of aromatic nitrogens is 1. The fraction of sp³-hybridized carbons (Fsp3) is 0.526. The van der Waals surface area contributed by atoms with Gasteiger partial charge in [-0.1, -0.05) is 25.1 Å². The summed E-state index contributed by atoms with van der Waals surface area (Å²) < 4.78 is 5.67. The Kier molecular flexibility index (Phi) is 3.74. The number of nitrogens with zero attached hydrogens (tertiary/aromatic N) is 2. The predicted molar refractivity (Wildman–Crippen MR) is 88.7 cm³/mol. The summed E-state index contributed by atoms with van der Waals surface area (Å²) in [4.78, 5) is 7.22. The van der Waals surface area contributed by atoms with Crippen molar-refractivity contribution in [3.63, 3.8) is 0 Å². The highest BCUT2D eigenvalue weighted by molar-refractivity contribution is 5.52. The molecule has 1 aromatic carbocycles. The molecule has 3 atom stereocenters. The van der Waals surface area contributed by atoms with Gasteiger partial charge in [-0.2, -0.15) is 0 Å². The zero-order valence-electron chi connectivity index (χ0n) is 13.6. The highest BCUT2D eigenvalue weighted by Gasteiger charge is 2.54. The van der Waals surface area contributed by atoms with E-state index in [0.29, 0.717) is 24.6 Å². The second kappa shape index (κ2) is 5.77. The van der Waals surface area contributed by atoms with Crippen LogP contribution in [-0.4, -0.2) is 33.7 Å². The first-order chi connectivity index (χ1) is 11.3. The van der Waals surface area contributed by atoms with Gasteiger partial charge in [-0.15, -0.1) is 0 Å². The molecule has 0 spiro atoms. The van der Waals surface area contributed by atoms with Crippen LogP contribution in [0.2, 0.25) is 0 Å². The molecule has 1 N–H and O–H groups in total. The van der Waals surface area contributed by atoms with Crippen molar-refractivity contribution in [1.82, 2.24) is 9.88 Å². The van der Waals surface area contributed by atoms with Crippen LogP contribution < -0.4 is 0 Å². The predicted octanol–water partition coefficient (Wildman–Crippen LogP) is 3.47. The minimum Gasteiger partial charge on any atom is -0.444 e. The first-order valence-electron chi connectivity index (χ1n) is 8.62. The van der Waals surface area contributed by atoms with Gasteiger partial charge in [0.15, 0.2) is 0 Å². The second-order valence-corrected chi connectivity index (χ2v) is 7.01. The smallest absolute Gasteiger partial charge is 0.226 e. The molecular weight excluding hydrogens is 288 g/mol. The lowest BCUT2D eigenvalue weighted by Gasteiger charge is -2.35. The highest BCUT2D eigenvalue weighted by Crippen LogP contribution is 2.51. The lowest BCUT2D eigenvalue weighted by Crippen LogP contribution is -2.39. The molecule has 2 aliphatic heterocycles. The summed E-state index contributed by atoms with van der Waals surface area (Å²) >= 11 is 0. The molecule has 0 aliphatic carbocycles. The van der Waals surface area contributed by atoms with E-state index >= 15 is 0 Å².